The molecule has 0 amide bonds. The lowest BCUT2D eigenvalue weighted by Gasteiger charge is -2.49. The Morgan fingerprint density at radius 1 is 1.59 bits per heavy atom. The van der Waals surface area contributed by atoms with Gasteiger partial charge in [0, 0.05) is 15.9 Å². The maximum absolute atomic E-state index is 12.1. The first-order valence-corrected chi connectivity index (χ1v) is 8.34. The van der Waals surface area contributed by atoms with E-state index in [1.165, 1.54) is 11.3 Å². The van der Waals surface area contributed by atoms with Crippen LogP contribution in [0.5, 0.6) is 0 Å². The highest BCUT2D eigenvalue weighted by Gasteiger charge is 2.49. The summed E-state index contributed by atoms with van der Waals surface area (Å²) < 4.78 is 27.7. The lowest BCUT2D eigenvalue weighted by molar-refractivity contribution is -0.0645. The van der Waals surface area contributed by atoms with E-state index in [-0.39, 0.29) is 10.3 Å². The molecule has 0 bridgehead atoms. The van der Waals surface area contributed by atoms with E-state index in [0.29, 0.717) is 10.9 Å². The van der Waals surface area contributed by atoms with Gasteiger partial charge in [0.25, 0.3) is 10.0 Å². The molecule has 0 saturated heterocycles. The highest BCUT2D eigenvalue weighted by Crippen LogP contribution is 2.41. The van der Waals surface area contributed by atoms with Gasteiger partial charge in [0.2, 0.25) is 0 Å². The number of aliphatic hydroxyl groups excluding tert-OH is 1. The van der Waals surface area contributed by atoms with Crippen LogP contribution in [0.1, 0.15) is 20.3 Å². The van der Waals surface area contributed by atoms with Crippen LogP contribution in [0.4, 0.5) is 0 Å². The van der Waals surface area contributed by atoms with Crippen molar-refractivity contribution in [1.82, 2.24) is 4.72 Å². The molecule has 0 aliphatic heterocycles. The fourth-order valence-corrected chi connectivity index (χ4v) is 5.57. The zero-order chi connectivity index (χ0) is 12.8. The van der Waals surface area contributed by atoms with Gasteiger partial charge < -0.3 is 5.11 Å². The zero-order valence-electron chi connectivity index (χ0n) is 9.47. The monoisotopic (exact) mass is 339 g/mol. The Labute approximate surface area is 113 Å². The molecule has 1 saturated carbocycles. The van der Waals surface area contributed by atoms with Gasteiger partial charge in [-0.3, -0.25) is 0 Å². The van der Waals surface area contributed by atoms with Crippen LogP contribution in [0, 0.1) is 5.41 Å². The van der Waals surface area contributed by atoms with Crippen LogP contribution >= 0.6 is 27.3 Å². The highest BCUT2D eigenvalue weighted by atomic mass is 79.9. The van der Waals surface area contributed by atoms with Crippen LogP contribution in [0.2, 0.25) is 0 Å². The Hall–Kier alpha value is 0.0500. The second-order valence-corrected chi connectivity index (χ2v) is 8.48. The molecule has 0 spiro atoms. The summed E-state index contributed by atoms with van der Waals surface area (Å²) >= 11 is 4.39. The number of thiophene rings is 1. The van der Waals surface area contributed by atoms with Gasteiger partial charge in [-0.05, 0) is 33.8 Å². The van der Waals surface area contributed by atoms with Crippen LogP contribution in [0.3, 0.4) is 0 Å². The van der Waals surface area contributed by atoms with Crippen LogP contribution in [0.15, 0.2) is 20.1 Å². The van der Waals surface area contributed by atoms with E-state index in [9.17, 15) is 13.5 Å². The van der Waals surface area contributed by atoms with Crippen molar-refractivity contribution in [2.24, 2.45) is 5.41 Å². The normalized spacial score (nSPS) is 27.8. The Morgan fingerprint density at radius 3 is 2.65 bits per heavy atom. The molecule has 0 radical (unpaired) electrons. The van der Waals surface area contributed by atoms with E-state index < -0.39 is 21.5 Å². The van der Waals surface area contributed by atoms with E-state index in [2.05, 4.69) is 20.7 Å². The number of aliphatic hydroxyl groups is 1. The SMILES string of the molecule is CC1(C)C(O)CC1NS(=O)(=O)c1sccc1Br. The van der Waals surface area contributed by atoms with Gasteiger partial charge in [0.05, 0.1) is 6.10 Å². The minimum Gasteiger partial charge on any atom is -0.392 e. The molecular formula is C10H14BrNO3S2. The number of halogens is 1. The molecule has 4 nitrogen and oxygen atoms in total. The summed E-state index contributed by atoms with van der Waals surface area (Å²) in [5, 5.41) is 11.3. The smallest absolute Gasteiger partial charge is 0.251 e. The second kappa shape index (κ2) is 4.31. The summed E-state index contributed by atoms with van der Waals surface area (Å²) in [4.78, 5) is 0. The van der Waals surface area contributed by atoms with Crippen molar-refractivity contribution >= 4 is 37.3 Å². The van der Waals surface area contributed by atoms with Crippen molar-refractivity contribution < 1.29 is 13.5 Å². The molecule has 2 unspecified atom stereocenters. The van der Waals surface area contributed by atoms with Gasteiger partial charge in [-0.1, -0.05) is 13.8 Å². The van der Waals surface area contributed by atoms with Crippen molar-refractivity contribution in [1.29, 1.82) is 0 Å². The summed E-state index contributed by atoms with van der Waals surface area (Å²) in [6, 6.07) is 1.50. The van der Waals surface area contributed by atoms with Crippen molar-refractivity contribution in [2.75, 3.05) is 0 Å². The van der Waals surface area contributed by atoms with E-state index in [4.69, 9.17) is 0 Å². The molecule has 1 aliphatic carbocycles. The first-order chi connectivity index (χ1) is 7.75. The molecule has 2 rings (SSSR count). The quantitative estimate of drug-likeness (QED) is 0.884. The third-order valence-electron chi connectivity index (χ3n) is 3.34. The predicted octanol–water partition coefficient (Wildman–Crippen LogP) is 1.95. The topological polar surface area (TPSA) is 66.4 Å². The molecule has 1 aliphatic rings. The van der Waals surface area contributed by atoms with Gasteiger partial charge in [-0.15, -0.1) is 11.3 Å². The van der Waals surface area contributed by atoms with Crippen molar-refractivity contribution in [3.63, 3.8) is 0 Å². The van der Waals surface area contributed by atoms with E-state index in [1.807, 2.05) is 13.8 Å². The molecular weight excluding hydrogens is 326 g/mol. The number of hydrogen-bond donors (Lipinski definition) is 2. The van der Waals surface area contributed by atoms with E-state index in [1.54, 1.807) is 11.4 Å². The summed E-state index contributed by atoms with van der Waals surface area (Å²) in [5.74, 6) is 0. The van der Waals surface area contributed by atoms with Crippen LogP contribution in [0.25, 0.3) is 0 Å². The molecule has 1 aromatic rings. The van der Waals surface area contributed by atoms with Gasteiger partial charge in [0.15, 0.2) is 0 Å². The molecule has 17 heavy (non-hydrogen) atoms. The third-order valence-corrected chi connectivity index (χ3v) is 7.48. The van der Waals surface area contributed by atoms with Crippen molar-refractivity contribution in [3.8, 4) is 0 Å². The van der Waals surface area contributed by atoms with Gasteiger partial charge in [-0.2, -0.15) is 0 Å². The van der Waals surface area contributed by atoms with Crippen molar-refractivity contribution in [2.45, 2.75) is 36.6 Å². The highest BCUT2D eigenvalue weighted by molar-refractivity contribution is 9.10. The first kappa shape index (κ1) is 13.5. The average molecular weight is 340 g/mol. The maximum Gasteiger partial charge on any atom is 0.251 e. The fourth-order valence-electron chi connectivity index (χ4n) is 1.81. The lowest BCUT2D eigenvalue weighted by atomic mass is 9.65. The molecule has 0 aromatic carbocycles. The Kier molecular flexibility index (Phi) is 3.42. The van der Waals surface area contributed by atoms with Crippen LogP contribution < -0.4 is 4.72 Å². The Bertz CT molecular complexity index is 523. The molecule has 2 atom stereocenters. The second-order valence-electron chi connectivity index (χ2n) is 4.80. The molecule has 1 heterocycles. The van der Waals surface area contributed by atoms with Crippen LogP contribution in [-0.4, -0.2) is 25.7 Å². The minimum absolute atomic E-state index is 0.212. The number of nitrogens with one attached hydrogen (secondary N) is 1. The minimum atomic E-state index is -3.49. The number of sulfonamides is 1. The summed E-state index contributed by atoms with van der Waals surface area (Å²) in [6.45, 7) is 3.72. The van der Waals surface area contributed by atoms with Gasteiger partial charge in [-0.25, -0.2) is 13.1 Å². The molecule has 96 valence electrons. The Morgan fingerprint density at radius 2 is 2.24 bits per heavy atom. The standard InChI is InChI=1S/C10H14BrNO3S2/c1-10(2)7(5-8(10)13)12-17(14,15)9-6(11)3-4-16-9/h3-4,7-8,12-13H,5H2,1-2H3. The molecule has 1 aromatic heterocycles. The number of rotatable bonds is 3. The molecule has 2 N–H and O–H groups in total. The summed E-state index contributed by atoms with van der Waals surface area (Å²) in [5.41, 5.74) is -0.406. The summed E-state index contributed by atoms with van der Waals surface area (Å²) in [7, 11) is -3.49. The third kappa shape index (κ3) is 2.31. The first-order valence-electron chi connectivity index (χ1n) is 5.18. The van der Waals surface area contributed by atoms with E-state index >= 15 is 0 Å². The average Bonchev–Trinajstić information content (AvgIpc) is 2.64. The Balaban J connectivity index is 2.18. The van der Waals surface area contributed by atoms with Crippen LogP contribution in [-0.2, 0) is 10.0 Å². The molecule has 7 heteroatoms. The summed E-state index contributed by atoms with van der Waals surface area (Å²) in [6.07, 6.45) is 0.0249. The largest absolute Gasteiger partial charge is 0.392 e. The predicted molar refractivity (Wildman–Crippen MR) is 70.5 cm³/mol. The van der Waals surface area contributed by atoms with Crippen molar-refractivity contribution in [3.05, 3.63) is 15.9 Å². The molecule has 1 fully saturated rings. The van der Waals surface area contributed by atoms with Gasteiger partial charge in [0.1, 0.15) is 4.21 Å². The maximum atomic E-state index is 12.1. The van der Waals surface area contributed by atoms with E-state index in [0.717, 1.165) is 0 Å². The van der Waals surface area contributed by atoms with Gasteiger partial charge >= 0.3 is 0 Å². The number of hydrogen-bond acceptors (Lipinski definition) is 4. The zero-order valence-corrected chi connectivity index (χ0v) is 12.7. The fraction of sp³-hybridized carbons (Fsp3) is 0.600. The lowest BCUT2D eigenvalue weighted by Crippen LogP contribution is -2.60.